The van der Waals surface area contributed by atoms with Gasteiger partial charge >= 0.3 is 0 Å². The average Bonchev–Trinajstić information content (AvgIpc) is 2.55. The van der Waals surface area contributed by atoms with E-state index in [1.807, 2.05) is 24.3 Å². The second kappa shape index (κ2) is 7.27. The van der Waals surface area contributed by atoms with E-state index in [4.69, 9.17) is 18.9 Å². The number of fused-ring (bicyclic) bond motifs is 1. The van der Waals surface area contributed by atoms with Gasteiger partial charge in [0.05, 0.1) is 25.9 Å². The molecule has 0 amide bonds. The van der Waals surface area contributed by atoms with Gasteiger partial charge in [0.2, 0.25) is 0 Å². The van der Waals surface area contributed by atoms with Gasteiger partial charge in [0, 0.05) is 5.56 Å². The number of benzene rings is 1. The van der Waals surface area contributed by atoms with Crippen LogP contribution in [0, 0.1) is 0 Å². The molecule has 0 aromatic heterocycles. The van der Waals surface area contributed by atoms with Crippen molar-refractivity contribution in [2.24, 2.45) is 0 Å². The SMILES string of the molecule is CC[C@@H]1/C=C\CC[C@@H]2O[C@H](c3ccc(OC)cc3)OC[C@H]2O1. The van der Waals surface area contributed by atoms with E-state index in [1.165, 1.54) is 0 Å². The highest BCUT2D eigenvalue weighted by atomic mass is 16.7. The van der Waals surface area contributed by atoms with Crippen LogP contribution >= 0.6 is 0 Å². The summed E-state index contributed by atoms with van der Waals surface area (Å²) in [4.78, 5) is 0. The molecule has 4 atom stereocenters. The van der Waals surface area contributed by atoms with Crippen molar-refractivity contribution < 1.29 is 18.9 Å². The first-order valence-electron chi connectivity index (χ1n) is 8.03. The van der Waals surface area contributed by atoms with Crippen LogP contribution in [0.2, 0.25) is 0 Å². The largest absolute Gasteiger partial charge is 0.497 e. The Morgan fingerprint density at radius 2 is 1.95 bits per heavy atom. The Morgan fingerprint density at radius 1 is 1.14 bits per heavy atom. The van der Waals surface area contributed by atoms with Crippen LogP contribution in [0.15, 0.2) is 36.4 Å². The Labute approximate surface area is 132 Å². The minimum absolute atomic E-state index is 0.0180. The predicted octanol–water partition coefficient (Wildman–Crippen LogP) is 3.62. The van der Waals surface area contributed by atoms with Crippen LogP contribution in [-0.4, -0.2) is 32.0 Å². The van der Waals surface area contributed by atoms with Crippen LogP contribution < -0.4 is 4.74 Å². The van der Waals surface area contributed by atoms with E-state index in [9.17, 15) is 0 Å². The smallest absolute Gasteiger partial charge is 0.184 e. The fraction of sp³-hybridized carbons (Fsp3) is 0.556. The van der Waals surface area contributed by atoms with E-state index < -0.39 is 0 Å². The Morgan fingerprint density at radius 3 is 2.68 bits per heavy atom. The summed E-state index contributed by atoms with van der Waals surface area (Å²) in [5.41, 5.74) is 1.02. The predicted molar refractivity (Wildman–Crippen MR) is 83.9 cm³/mol. The minimum Gasteiger partial charge on any atom is -0.497 e. The lowest BCUT2D eigenvalue weighted by molar-refractivity contribution is -0.271. The summed E-state index contributed by atoms with van der Waals surface area (Å²) in [6, 6.07) is 7.84. The normalized spacial score (nSPS) is 33.4. The lowest BCUT2D eigenvalue weighted by atomic mass is 10.0. The lowest BCUT2D eigenvalue weighted by Gasteiger charge is -2.38. The fourth-order valence-electron chi connectivity index (χ4n) is 2.90. The van der Waals surface area contributed by atoms with Crippen molar-refractivity contribution in [2.45, 2.75) is 50.8 Å². The Hall–Kier alpha value is -1.36. The maximum Gasteiger partial charge on any atom is 0.184 e. The zero-order valence-electron chi connectivity index (χ0n) is 13.2. The molecular formula is C18H24O4. The second-order valence-electron chi connectivity index (χ2n) is 5.74. The first-order valence-corrected chi connectivity index (χ1v) is 8.03. The van der Waals surface area contributed by atoms with Crippen molar-refractivity contribution in [1.82, 2.24) is 0 Å². The third kappa shape index (κ3) is 3.51. The Balaban J connectivity index is 1.68. The van der Waals surface area contributed by atoms with Crippen molar-refractivity contribution in [3.05, 3.63) is 42.0 Å². The number of allylic oxidation sites excluding steroid dienone is 1. The maximum absolute atomic E-state index is 6.16. The third-order valence-corrected chi connectivity index (χ3v) is 4.23. The molecule has 3 rings (SSSR count). The van der Waals surface area contributed by atoms with Gasteiger partial charge in [-0.05, 0) is 31.4 Å². The van der Waals surface area contributed by atoms with Crippen LogP contribution in [0.4, 0.5) is 0 Å². The number of hydrogen-bond acceptors (Lipinski definition) is 4. The summed E-state index contributed by atoms with van der Waals surface area (Å²) < 4.78 is 23.3. The molecule has 0 saturated carbocycles. The zero-order valence-corrected chi connectivity index (χ0v) is 13.2. The van der Waals surface area contributed by atoms with E-state index in [0.29, 0.717) is 6.61 Å². The standard InChI is InChI=1S/C18H24O4/c1-3-14-6-4-5-7-16-17(21-14)12-20-18(22-16)13-8-10-15(19-2)11-9-13/h4,6,8-11,14,16-18H,3,5,7,12H2,1-2H3/b6-4-/t14-,16+,17-,18-/m1/s1. The molecule has 1 saturated heterocycles. The first-order chi connectivity index (χ1) is 10.8. The molecule has 0 aliphatic carbocycles. The van der Waals surface area contributed by atoms with E-state index in [-0.39, 0.29) is 24.6 Å². The quantitative estimate of drug-likeness (QED) is 0.799. The molecule has 0 spiro atoms. The van der Waals surface area contributed by atoms with Crippen LogP contribution in [0.1, 0.15) is 38.0 Å². The highest BCUT2D eigenvalue weighted by Crippen LogP contribution is 2.32. The van der Waals surface area contributed by atoms with E-state index in [0.717, 1.165) is 30.6 Å². The van der Waals surface area contributed by atoms with Gasteiger partial charge in [0.25, 0.3) is 0 Å². The monoisotopic (exact) mass is 304 g/mol. The second-order valence-corrected chi connectivity index (χ2v) is 5.74. The number of rotatable bonds is 3. The van der Waals surface area contributed by atoms with E-state index in [1.54, 1.807) is 7.11 Å². The molecule has 4 nitrogen and oxygen atoms in total. The van der Waals surface area contributed by atoms with Gasteiger partial charge < -0.3 is 18.9 Å². The molecule has 2 aliphatic rings. The van der Waals surface area contributed by atoms with Crippen molar-refractivity contribution in [1.29, 1.82) is 0 Å². The summed E-state index contributed by atoms with van der Waals surface area (Å²) in [7, 11) is 1.66. The van der Waals surface area contributed by atoms with Crippen molar-refractivity contribution in [2.75, 3.05) is 13.7 Å². The molecule has 1 aromatic rings. The molecule has 0 radical (unpaired) electrons. The van der Waals surface area contributed by atoms with Crippen molar-refractivity contribution >= 4 is 0 Å². The fourth-order valence-corrected chi connectivity index (χ4v) is 2.90. The molecule has 0 N–H and O–H groups in total. The lowest BCUT2D eigenvalue weighted by Crippen LogP contribution is -2.44. The van der Waals surface area contributed by atoms with Gasteiger partial charge in [-0.25, -0.2) is 0 Å². The Kier molecular flexibility index (Phi) is 5.13. The molecule has 0 unspecified atom stereocenters. The van der Waals surface area contributed by atoms with Crippen LogP contribution in [0.5, 0.6) is 5.75 Å². The highest BCUT2D eigenvalue weighted by molar-refractivity contribution is 5.28. The summed E-state index contributed by atoms with van der Waals surface area (Å²) >= 11 is 0. The summed E-state index contributed by atoms with van der Waals surface area (Å²) in [6.07, 6.45) is 7.27. The molecule has 1 fully saturated rings. The summed E-state index contributed by atoms with van der Waals surface area (Å²) in [5.74, 6) is 0.836. The van der Waals surface area contributed by atoms with Gasteiger partial charge in [0.1, 0.15) is 11.9 Å². The topological polar surface area (TPSA) is 36.9 Å². The van der Waals surface area contributed by atoms with Crippen LogP contribution in [0.25, 0.3) is 0 Å². The van der Waals surface area contributed by atoms with Crippen LogP contribution in [-0.2, 0) is 14.2 Å². The third-order valence-electron chi connectivity index (χ3n) is 4.23. The number of hydrogen-bond donors (Lipinski definition) is 0. The highest BCUT2D eigenvalue weighted by Gasteiger charge is 2.34. The van der Waals surface area contributed by atoms with Crippen molar-refractivity contribution in [3.63, 3.8) is 0 Å². The minimum atomic E-state index is -0.320. The number of methoxy groups -OCH3 is 1. The maximum atomic E-state index is 6.16. The van der Waals surface area contributed by atoms with Gasteiger partial charge in [-0.15, -0.1) is 0 Å². The molecular weight excluding hydrogens is 280 g/mol. The van der Waals surface area contributed by atoms with Gasteiger partial charge in [-0.1, -0.05) is 31.2 Å². The van der Waals surface area contributed by atoms with E-state index in [2.05, 4.69) is 19.1 Å². The molecule has 120 valence electrons. The average molecular weight is 304 g/mol. The van der Waals surface area contributed by atoms with Gasteiger partial charge in [0.15, 0.2) is 6.29 Å². The van der Waals surface area contributed by atoms with Gasteiger partial charge in [-0.3, -0.25) is 0 Å². The van der Waals surface area contributed by atoms with Crippen molar-refractivity contribution in [3.8, 4) is 5.75 Å². The Bertz CT molecular complexity index is 496. The summed E-state index contributed by atoms with van der Waals surface area (Å²) in [6.45, 7) is 2.71. The molecule has 4 heteroatoms. The van der Waals surface area contributed by atoms with Gasteiger partial charge in [-0.2, -0.15) is 0 Å². The molecule has 1 aromatic carbocycles. The van der Waals surface area contributed by atoms with Crippen LogP contribution in [0.3, 0.4) is 0 Å². The number of ether oxygens (including phenoxy) is 4. The summed E-state index contributed by atoms with van der Waals surface area (Å²) in [5, 5.41) is 0. The molecule has 22 heavy (non-hydrogen) atoms. The van der Waals surface area contributed by atoms with E-state index >= 15 is 0 Å². The first kappa shape index (κ1) is 15.5. The molecule has 0 bridgehead atoms. The molecule has 2 heterocycles. The zero-order chi connectivity index (χ0) is 15.4. The molecule has 2 aliphatic heterocycles.